The molecule has 84 valence electrons. The molecule has 0 bridgehead atoms. The Kier molecular flexibility index (Phi) is 2.72. The van der Waals surface area contributed by atoms with E-state index in [0.717, 1.165) is 0 Å². The lowest BCUT2D eigenvalue weighted by molar-refractivity contribution is 0.0876. The molecule has 1 aliphatic heterocycles. The van der Waals surface area contributed by atoms with Crippen LogP contribution < -0.4 is 5.32 Å². The zero-order valence-corrected chi connectivity index (χ0v) is 8.43. The summed E-state index contributed by atoms with van der Waals surface area (Å²) >= 11 is 0. The van der Waals surface area contributed by atoms with E-state index >= 15 is 0 Å². The summed E-state index contributed by atoms with van der Waals surface area (Å²) < 4.78 is 0. The third-order valence-corrected chi connectivity index (χ3v) is 2.52. The van der Waals surface area contributed by atoms with Crippen molar-refractivity contribution in [3.05, 3.63) is 34.9 Å². The first-order valence-electron chi connectivity index (χ1n) is 4.90. The van der Waals surface area contributed by atoms with Crippen LogP contribution in [0.25, 0.3) is 0 Å². The molecule has 1 aromatic carbocycles. The molecular formula is C11H11NO4. The normalized spacial score (nSPS) is 15.9. The predicted octanol–water partition coefficient (Wildman–Crippen LogP) is -0.534. The van der Waals surface area contributed by atoms with Gasteiger partial charge in [0.25, 0.3) is 11.8 Å². The summed E-state index contributed by atoms with van der Waals surface area (Å²) in [6.45, 7) is -0.376. The van der Waals surface area contributed by atoms with Gasteiger partial charge in [0.15, 0.2) is 0 Å². The van der Waals surface area contributed by atoms with Crippen LogP contribution >= 0.6 is 0 Å². The van der Waals surface area contributed by atoms with Gasteiger partial charge in [-0.05, 0) is 11.6 Å². The lowest BCUT2D eigenvalue weighted by atomic mass is 9.98. The Balaban J connectivity index is 2.41. The van der Waals surface area contributed by atoms with Gasteiger partial charge >= 0.3 is 0 Å². The van der Waals surface area contributed by atoms with E-state index < -0.39 is 17.9 Å². The third-order valence-electron chi connectivity index (χ3n) is 2.52. The number of aliphatic hydroxyl groups is 2. The Morgan fingerprint density at radius 2 is 2.00 bits per heavy atom. The summed E-state index contributed by atoms with van der Waals surface area (Å²) in [5.74, 6) is -0.860. The number of nitrogens with one attached hydrogen (secondary N) is 1. The van der Waals surface area contributed by atoms with Gasteiger partial charge in [-0.1, -0.05) is 12.1 Å². The summed E-state index contributed by atoms with van der Waals surface area (Å²) in [4.78, 5) is 22.8. The van der Waals surface area contributed by atoms with Gasteiger partial charge in [-0.3, -0.25) is 14.9 Å². The van der Waals surface area contributed by atoms with E-state index in [9.17, 15) is 14.7 Å². The largest absolute Gasteiger partial charge is 0.394 e. The SMILES string of the molecule is O=C1NC(=O)c2c(CC(O)CO)cccc21. The van der Waals surface area contributed by atoms with E-state index in [-0.39, 0.29) is 13.0 Å². The standard InChI is InChI=1S/C11H11NO4/c13-5-7(14)4-6-2-1-3-8-9(6)11(16)12-10(8)15/h1-3,7,13-14H,4-5H2,(H,12,15,16). The lowest BCUT2D eigenvalue weighted by Gasteiger charge is -2.09. The maximum Gasteiger partial charge on any atom is 0.259 e. The highest BCUT2D eigenvalue weighted by atomic mass is 16.3. The highest BCUT2D eigenvalue weighted by molar-refractivity contribution is 6.22. The molecule has 2 rings (SSSR count). The van der Waals surface area contributed by atoms with Crippen molar-refractivity contribution in [1.82, 2.24) is 5.32 Å². The fourth-order valence-corrected chi connectivity index (χ4v) is 1.78. The minimum Gasteiger partial charge on any atom is -0.394 e. The minimum absolute atomic E-state index is 0.153. The van der Waals surface area contributed by atoms with Gasteiger partial charge in [0.05, 0.1) is 23.8 Å². The fraction of sp³-hybridized carbons (Fsp3) is 0.273. The van der Waals surface area contributed by atoms with Crippen LogP contribution in [0.15, 0.2) is 18.2 Å². The summed E-state index contributed by atoms with van der Waals surface area (Å²) in [5, 5.41) is 20.3. The van der Waals surface area contributed by atoms with E-state index in [1.54, 1.807) is 18.2 Å². The van der Waals surface area contributed by atoms with Crippen LogP contribution in [0.2, 0.25) is 0 Å². The zero-order chi connectivity index (χ0) is 11.7. The number of hydrogen-bond donors (Lipinski definition) is 3. The predicted molar refractivity (Wildman–Crippen MR) is 55.0 cm³/mol. The van der Waals surface area contributed by atoms with Gasteiger partial charge in [0.2, 0.25) is 0 Å². The van der Waals surface area contributed by atoms with Gasteiger partial charge in [-0.2, -0.15) is 0 Å². The molecule has 5 nitrogen and oxygen atoms in total. The Bertz CT molecular complexity index is 455. The summed E-state index contributed by atoms with van der Waals surface area (Å²) in [6.07, 6.45) is -0.768. The van der Waals surface area contributed by atoms with Gasteiger partial charge < -0.3 is 10.2 Å². The monoisotopic (exact) mass is 221 g/mol. The molecule has 5 heteroatoms. The van der Waals surface area contributed by atoms with Crippen molar-refractivity contribution < 1.29 is 19.8 Å². The molecule has 1 atom stereocenters. The van der Waals surface area contributed by atoms with Crippen molar-refractivity contribution in [2.45, 2.75) is 12.5 Å². The highest BCUT2D eigenvalue weighted by Gasteiger charge is 2.29. The van der Waals surface area contributed by atoms with Crippen LogP contribution in [0, 0.1) is 0 Å². The average Bonchev–Trinajstić information content (AvgIpc) is 2.56. The maximum atomic E-state index is 11.5. The van der Waals surface area contributed by atoms with E-state index in [1.807, 2.05) is 0 Å². The van der Waals surface area contributed by atoms with Gasteiger partial charge in [0.1, 0.15) is 0 Å². The van der Waals surface area contributed by atoms with Crippen LogP contribution in [-0.4, -0.2) is 34.7 Å². The lowest BCUT2D eigenvalue weighted by Crippen LogP contribution is -2.21. The number of aliphatic hydroxyl groups excluding tert-OH is 2. The van der Waals surface area contributed by atoms with Crippen LogP contribution in [0.5, 0.6) is 0 Å². The first kappa shape index (κ1) is 10.8. The second-order valence-corrected chi connectivity index (χ2v) is 3.66. The van der Waals surface area contributed by atoms with E-state index in [4.69, 9.17) is 5.11 Å². The second-order valence-electron chi connectivity index (χ2n) is 3.66. The number of fused-ring (bicyclic) bond motifs is 1. The molecule has 1 aromatic rings. The number of amides is 2. The third kappa shape index (κ3) is 1.70. The van der Waals surface area contributed by atoms with Crippen LogP contribution in [0.4, 0.5) is 0 Å². The molecule has 0 saturated carbocycles. The molecule has 0 fully saturated rings. The van der Waals surface area contributed by atoms with Crippen LogP contribution in [0.1, 0.15) is 26.3 Å². The maximum absolute atomic E-state index is 11.5. The first-order valence-corrected chi connectivity index (χ1v) is 4.90. The van der Waals surface area contributed by atoms with Gasteiger partial charge in [-0.25, -0.2) is 0 Å². The molecule has 0 saturated heterocycles. The first-order chi connectivity index (χ1) is 7.63. The molecule has 16 heavy (non-hydrogen) atoms. The summed E-state index contributed by atoms with van der Waals surface area (Å²) in [6, 6.07) is 4.87. The molecule has 0 aromatic heterocycles. The smallest absolute Gasteiger partial charge is 0.259 e. The number of hydrogen-bond acceptors (Lipinski definition) is 4. The summed E-state index contributed by atoms with van der Waals surface area (Å²) in [7, 11) is 0. The zero-order valence-electron chi connectivity index (χ0n) is 8.43. The molecule has 1 heterocycles. The molecule has 1 unspecified atom stereocenters. The van der Waals surface area contributed by atoms with Crippen molar-refractivity contribution in [2.24, 2.45) is 0 Å². The molecule has 0 radical (unpaired) electrons. The quantitative estimate of drug-likeness (QED) is 0.599. The number of imide groups is 1. The number of benzene rings is 1. The average molecular weight is 221 g/mol. The molecular weight excluding hydrogens is 210 g/mol. The number of rotatable bonds is 3. The Hall–Kier alpha value is -1.72. The topological polar surface area (TPSA) is 86.6 Å². The van der Waals surface area contributed by atoms with Crippen molar-refractivity contribution >= 4 is 11.8 Å². The molecule has 0 spiro atoms. The number of carbonyl (C=O) groups is 2. The van der Waals surface area contributed by atoms with Gasteiger partial charge in [0, 0.05) is 6.42 Å². The molecule has 2 amide bonds. The minimum atomic E-state index is -0.921. The molecule has 1 aliphatic rings. The van der Waals surface area contributed by atoms with Crippen LogP contribution in [-0.2, 0) is 6.42 Å². The van der Waals surface area contributed by atoms with Crippen molar-refractivity contribution in [1.29, 1.82) is 0 Å². The van der Waals surface area contributed by atoms with E-state index in [1.165, 1.54) is 0 Å². The van der Waals surface area contributed by atoms with Crippen molar-refractivity contribution in [3.63, 3.8) is 0 Å². The Morgan fingerprint density at radius 1 is 1.25 bits per heavy atom. The number of carbonyl (C=O) groups excluding carboxylic acids is 2. The highest BCUT2D eigenvalue weighted by Crippen LogP contribution is 2.21. The Labute approximate surface area is 91.7 Å². The van der Waals surface area contributed by atoms with Gasteiger partial charge in [-0.15, -0.1) is 0 Å². The molecule has 3 N–H and O–H groups in total. The van der Waals surface area contributed by atoms with Crippen molar-refractivity contribution in [3.8, 4) is 0 Å². The van der Waals surface area contributed by atoms with E-state index in [2.05, 4.69) is 5.32 Å². The second kappa shape index (κ2) is 4.03. The summed E-state index contributed by atoms with van der Waals surface area (Å²) in [5.41, 5.74) is 1.20. The van der Waals surface area contributed by atoms with Crippen molar-refractivity contribution in [2.75, 3.05) is 6.61 Å². The Morgan fingerprint density at radius 3 is 2.69 bits per heavy atom. The fourth-order valence-electron chi connectivity index (χ4n) is 1.78. The van der Waals surface area contributed by atoms with Crippen LogP contribution in [0.3, 0.4) is 0 Å². The molecule has 0 aliphatic carbocycles. The van der Waals surface area contributed by atoms with E-state index in [0.29, 0.717) is 16.7 Å².